The highest BCUT2D eigenvalue weighted by atomic mass is 79.9. The molecule has 98 valence electrons. The molecule has 0 aliphatic rings. The predicted molar refractivity (Wildman–Crippen MR) is 70.8 cm³/mol. The van der Waals surface area contributed by atoms with Crippen molar-refractivity contribution in [1.82, 2.24) is 0 Å². The van der Waals surface area contributed by atoms with Gasteiger partial charge in [0.05, 0.1) is 4.83 Å². The van der Waals surface area contributed by atoms with Crippen LogP contribution in [0.1, 0.15) is 41.5 Å². The summed E-state index contributed by atoms with van der Waals surface area (Å²) < 4.78 is 0. The van der Waals surface area contributed by atoms with Crippen LogP contribution in [0, 0.1) is 0 Å². The second-order valence-electron chi connectivity index (χ2n) is 3.99. The number of rotatable bonds is 5. The highest BCUT2D eigenvalue weighted by Gasteiger charge is 2.26. The molecule has 0 saturated heterocycles. The number of aliphatic hydroxyl groups excluding tert-OH is 1. The maximum absolute atomic E-state index is 11.5. The Morgan fingerprint density at radius 3 is 2.44 bits per heavy atom. The second kappa shape index (κ2) is 6.11. The number of aliphatic carboxylic acids is 1. The first-order valence-corrected chi connectivity index (χ1v) is 6.48. The summed E-state index contributed by atoms with van der Waals surface area (Å²) in [4.78, 5) is 21.8. The van der Waals surface area contributed by atoms with E-state index in [1.165, 1.54) is 13.0 Å². The number of aliphatic hydroxyl groups is 1. The zero-order chi connectivity index (χ0) is 13.9. The van der Waals surface area contributed by atoms with Crippen molar-refractivity contribution in [2.24, 2.45) is 0 Å². The minimum atomic E-state index is -1.62. The number of carboxylic acid groups (broad SMARTS) is 1. The molecule has 0 aromatic heterocycles. The van der Waals surface area contributed by atoms with Crippen LogP contribution in [0.4, 0.5) is 0 Å². The van der Waals surface area contributed by atoms with E-state index in [1.807, 2.05) is 13.0 Å². The van der Waals surface area contributed by atoms with E-state index in [9.17, 15) is 14.7 Å². The Morgan fingerprint density at radius 1 is 1.39 bits per heavy atom. The molecule has 0 aliphatic carbocycles. The Balaban J connectivity index is 3.42. The Kier molecular flexibility index (Phi) is 5.04. The molecule has 5 heteroatoms. The average molecular weight is 315 g/mol. The first kappa shape index (κ1) is 14.9. The number of carboxylic acids is 1. The number of aryl methyl sites for hydroxylation is 1. The third-order valence-corrected chi connectivity index (χ3v) is 3.85. The number of Topliss-reactive ketones (excluding diaryl/α,β-unsaturated/α-hetero) is 1. The lowest BCUT2D eigenvalue weighted by Crippen LogP contribution is -2.16. The zero-order valence-electron chi connectivity index (χ0n) is 10.2. The minimum Gasteiger partial charge on any atom is -0.479 e. The van der Waals surface area contributed by atoms with Crippen LogP contribution in [0.3, 0.4) is 0 Å². The summed E-state index contributed by atoms with van der Waals surface area (Å²) in [6, 6.07) is 5.04. The maximum atomic E-state index is 11.5. The van der Waals surface area contributed by atoms with E-state index in [2.05, 4.69) is 15.9 Å². The highest BCUT2D eigenvalue weighted by molar-refractivity contribution is 9.09. The topological polar surface area (TPSA) is 74.6 Å². The summed E-state index contributed by atoms with van der Waals surface area (Å²) in [7, 11) is 0. The van der Waals surface area contributed by atoms with Crippen LogP contribution in [0.25, 0.3) is 0 Å². The Morgan fingerprint density at radius 2 is 2.00 bits per heavy atom. The molecule has 18 heavy (non-hydrogen) atoms. The van der Waals surface area contributed by atoms with Gasteiger partial charge < -0.3 is 10.2 Å². The van der Waals surface area contributed by atoms with E-state index in [4.69, 9.17) is 5.11 Å². The molecular weight excluding hydrogens is 300 g/mol. The van der Waals surface area contributed by atoms with E-state index < -0.39 is 16.9 Å². The number of ketones is 1. The monoisotopic (exact) mass is 314 g/mol. The first-order valence-electron chi connectivity index (χ1n) is 5.57. The molecule has 0 heterocycles. The fourth-order valence-corrected chi connectivity index (χ4v) is 2.38. The molecule has 0 amide bonds. The number of hydrogen-bond donors (Lipinski definition) is 2. The van der Waals surface area contributed by atoms with Crippen molar-refractivity contribution < 1.29 is 19.8 Å². The Bertz CT molecular complexity index is 470. The molecule has 0 radical (unpaired) electrons. The number of benzene rings is 1. The number of carbonyl (C=O) groups excluding carboxylic acids is 1. The number of alkyl halides is 1. The van der Waals surface area contributed by atoms with Gasteiger partial charge in [0.15, 0.2) is 6.10 Å². The van der Waals surface area contributed by atoms with E-state index in [-0.39, 0.29) is 11.3 Å². The molecule has 1 aromatic carbocycles. The third kappa shape index (κ3) is 2.97. The standard InChI is InChI=1S/C13H15BrO4/c1-3-8-5-4-6-9(12(16)13(17)18)10(8)11(14)7(2)15/h4-6,11-12,16H,3H2,1-2H3,(H,17,18). The van der Waals surface area contributed by atoms with Crippen molar-refractivity contribution in [1.29, 1.82) is 0 Å². The highest BCUT2D eigenvalue weighted by Crippen LogP contribution is 2.33. The van der Waals surface area contributed by atoms with E-state index in [0.717, 1.165) is 5.56 Å². The normalized spacial score (nSPS) is 14.0. The van der Waals surface area contributed by atoms with Crippen LogP contribution in [0.2, 0.25) is 0 Å². The average Bonchev–Trinajstić information content (AvgIpc) is 2.35. The summed E-state index contributed by atoms with van der Waals surface area (Å²) in [6.45, 7) is 3.33. The molecule has 1 rings (SSSR count). The van der Waals surface area contributed by atoms with Crippen LogP contribution in [-0.2, 0) is 16.0 Å². The number of hydrogen-bond acceptors (Lipinski definition) is 3. The molecule has 0 bridgehead atoms. The Hall–Kier alpha value is -1.20. The lowest BCUT2D eigenvalue weighted by atomic mass is 9.92. The van der Waals surface area contributed by atoms with Gasteiger partial charge in [0, 0.05) is 0 Å². The fraction of sp³-hybridized carbons (Fsp3) is 0.385. The van der Waals surface area contributed by atoms with Gasteiger partial charge in [-0.1, -0.05) is 41.1 Å². The molecule has 2 atom stereocenters. The van der Waals surface area contributed by atoms with Crippen molar-refractivity contribution in [3.63, 3.8) is 0 Å². The fourth-order valence-electron chi connectivity index (χ4n) is 1.83. The summed E-state index contributed by atoms with van der Waals surface area (Å²) in [5.74, 6) is -1.46. The van der Waals surface area contributed by atoms with Gasteiger partial charge in [0.1, 0.15) is 5.78 Å². The van der Waals surface area contributed by atoms with Gasteiger partial charge in [-0.2, -0.15) is 0 Å². The summed E-state index contributed by atoms with van der Waals surface area (Å²) in [5, 5.41) is 18.6. The van der Waals surface area contributed by atoms with Crippen molar-refractivity contribution in [3.8, 4) is 0 Å². The van der Waals surface area contributed by atoms with Gasteiger partial charge in [-0.05, 0) is 30.0 Å². The van der Waals surface area contributed by atoms with Crippen LogP contribution >= 0.6 is 15.9 Å². The summed E-state index contributed by atoms with van der Waals surface area (Å²) >= 11 is 3.26. The molecular formula is C13H15BrO4. The van der Waals surface area contributed by atoms with Crippen molar-refractivity contribution in [2.45, 2.75) is 31.2 Å². The zero-order valence-corrected chi connectivity index (χ0v) is 11.8. The lowest BCUT2D eigenvalue weighted by molar-refractivity contribution is -0.147. The molecule has 4 nitrogen and oxygen atoms in total. The maximum Gasteiger partial charge on any atom is 0.337 e. The van der Waals surface area contributed by atoms with Crippen LogP contribution in [0.15, 0.2) is 18.2 Å². The smallest absolute Gasteiger partial charge is 0.337 e. The summed E-state index contributed by atoms with van der Waals surface area (Å²) in [5.41, 5.74) is 1.67. The number of carbonyl (C=O) groups is 2. The largest absolute Gasteiger partial charge is 0.479 e. The van der Waals surface area contributed by atoms with Crippen LogP contribution < -0.4 is 0 Å². The molecule has 2 N–H and O–H groups in total. The van der Waals surface area contributed by atoms with Crippen molar-refractivity contribution >= 4 is 27.7 Å². The van der Waals surface area contributed by atoms with Gasteiger partial charge in [0.2, 0.25) is 0 Å². The van der Waals surface area contributed by atoms with E-state index in [1.54, 1.807) is 6.07 Å². The molecule has 0 aliphatic heterocycles. The summed E-state index contributed by atoms with van der Waals surface area (Å²) in [6.07, 6.45) is -0.962. The number of halogens is 1. The molecule has 1 aromatic rings. The van der Waals surface area contributed by atoms with Gasteiger partial charge in [-0.3, -0.25) is 4.79 Å². The Labute approximate surface area is 114 Å². The first-order chi connectivity index (χ1) is 8.40. The van der Waals surface area contributed by atoms with E-state index >= 15 is 0 Å². The van der Waals surface area contributed by atoms with Crippen molar-refractivity contribution in [2.75, 3.05) is 0 Å². The van der Waals surface area contributed by atoms with Gasteiger partial charge in [0.25, 0.3) is 0 Å². The van der Waals surface area contributed by atoms with Gasteiger partial charge in [-0.25, -0.2) is 4.79 Å². The van der Waals surface area contributed by atoms with Gasteiger partial charge >= 0.3 is 5.97 Å². The molecule has 0 saturated carbocycles. The molecule has 0 fully saturated rings. The lowest BCUT2D eigenvalue weighted by Gasteiger charge is -2.19. The SMILES string of the molecule is CCc1cccc(C(O)C(=O)O)c1C(Br)C(C)=O. The second-order valence-corrected chi connectivity index (χ2v) is 4.90. The molecule has 0 spiro atoms. The quantitative estimate of drug-likeness (QED) is 0.818. The van der Waals surface area contributed by atoms with Gasteiger partial charge in [-0.15, -0.1) is 0 Å². The van der Waals surface area contributed by atoms with E-state index in [0.29, 0.717) is 12.0 Å². The van der Waals surface area contributed by atoms with Crippen molar-refractivity contribution in [3.05, 3.63) is 34.9 Å². The van der Waals surface area contributed by atoms with Crippen LogP contribution in [-0.4, -0.2) is 22.0 Å². The third-order valence-electron chi connectivity index (χ3n) is 2.75. The molecule has 2 unspecified atom stereocenters. The minimum absolute atomic E-state index is 0.130. The predicted octanol–water partition coefficient (Wildman–Crippen LogP) is 2.39. The van der Waals surface area contributed by atoms with Crippen LogP contribution in [0.5, 0.6) is 0 Å².